The van der Waals surface area contributed by atoms with E-state index in [4.69, 9.17) is 23.5 Å². The molecule has 0 amide bonds. The normalized spacial score (nSPS) is 21.6. The quantitative estimate of drug-likeness (QED) is 0.0215. The van der Waals surface area contributed by atoms with E-state index < -0.39 is 59.8 Å². The predicted octanol–water partition coefficient (Wildman–Crippen LogP) is 7.79. The monoisotopic (exact) mass is 800 g/mol. The van der Waals surface area contributed by atoms with Gasteiger partial charge in [-0.3, -0.25) is 9.35 Å². The van der Waals surface area contributed by atoms with E-state index in [-0.39, 0.29) is 19.6 Å². The minimum Gasteiger partial charge on any atom is -0.457 e. The number of carbonyl (C=O) groups excluding carboxylic acids is 1. The highest BCUT2D eigenvalue weighted by Crippen LogP contribution is 2.26. The molecule has 0 spiro atoms. The first-order chi connectivity index (χ1) is 26.6. The van der Waals surface area contributed by atoms with Crippen molar-refractivity contribution < 1.29 is 56.2 Å². The van der Waals surface area contributed by atoms with E-state index in [1.54, 1.807) is 0 Å². The van der Waals surface area contributed by atoms with Gasteiger partial charge in [-0.15, -0.1) is 0 Å². The van der Waals surface area contributed by atoms with Crippen molar-refractivity contribution in [2.24, 2.45) is 0 Å². The molecule has 13 heteroatoms. The van der Waals surface area contributed by atoms with Crippen LogP contribution in [0.2, 0.25) is 0 Å². The van der Waals surface area contributed by atoms with Crippen LogP contribution < -0.4 is 0 Å². The maximum atomic E-state index is 12.8. The second-order valence-corrected chi connectivity index (χ2v) is 14.9. The van der Waals surface area contributed by atoms with E-state index in [0.29, 0.717) is 13.0 Å². The Morgan fingerprint density at radius 2 is 1.25 bits per heavy atom. The molecule has 0 aromatic rings. The minimum atomic E-state index is -5.07. The summed E-state index contributed by atoms with van der Waals surface area (Å²) in [5.74, 6) is -0.426. The van der Waals surface area contributed by atoms with Crippen molar-refractivity contribution in [3.8, 4) is 0 Å². The van der Waals surface area contributed by atoms with Gasteiger partial charge < -0.3 is 34.3 Å². The standard InChI is InChI=1S/C42H72O12S/c1-3-5-7-9-11-13-15-17-19-21-23-25-27-29-31-38(44)52-36(34-50-32-30-28-26-24-22-20-18-16-14-12-10-8-6-4-2)35-51-42-40(46)41(54-55(47,48)49)39(45)37(33-43)53-42/h6,8-9,11-12,14-15,17-18,20,36-37,39-43,45-46H,3-5,7,10,13,16,19,21-35H2,1-2H3,(H,47,48,49)/b8-6-,11-9-,14-12-,17-15-,20-18-. The summed E-state index contributed by atoms with van der Waals surface area (Å²) >= 11 is 0. The van der Waals surface area contributed by atoms with Crippen LogP contribution >= 0.6 is 0 Å². The maximum Gasteiger partial charge on any atom is 0.397 e. The summed E-state index contributed by atoms with van der Waals surface area (Å²) < 4.78 is 58.8. The average Bonchev–Trinajstić information content (AvgIpc) is 3.15. The molecule has 6 unspecified atom stereocenters. The lowest BCUT2D eigenvalue weighted by atomic mass is 9.99. The highest BCUT2D eigenvalue weighted by Gasteiger charge is 2.48. The Balaban J connectivity index is 2.52. The predicted molar refractivity (Wildman–Crippen MR) is 216 cm³/mol. The van der Waals surface area contributed by atoms with Crippen LogP contribution in [0.1, 0.15) is 136 Å². The van der Waals surface area contributed by atoms with Crippen LogP contribution in [-0.4, -0.2) is 97.5 Å². The number of hydrogen-bond donors (Lipinski definition) is 4. The molecule has 1 saturated heterocycles. The fraction of sp³-hybridized carbons (Fsp3) is 0.738. The van der Waals surface area contributed by atoms with Crippen molar-refractivity contribution in [3.63, 3.8) is 0 Å². The Kier molecular flexibility index (Phi) is 31.3. The molecule has 0 aromatic carbocycles. The zero-order valence-electron chi connectivity index (χ0n) is 33.5. The Hall–Kier alpha value is -2.20. The van der Waals surface area contributed by atoms with Gasteiger partial charge in [-0.2, -0.15) is 8.42 Å². The first-order valence-corrected chi connectivity index (χ1v) is 21.9. The lowest BCUT2D eigenvalue weighted by Gasteiger charge is -2.41. The van der Waals surface area contributed by atoms with Gasteiger partial charge in [0.15, 0.2) is 6.29 Å². The molecule has 0 aliphatic carbocycles. The largest absolute Gasteiger partial charge is 0.457 e. The number of unbranched alkanes of at least 4 members (excludes halogenated alkanes) is 11. The molecular formula is C42H72O12S. The smallest absolute Gasteiger partial charge is 0.397 e. The zero-order chi connectivity index (χ0) is 40.4. The molecule has 318 valence electrons. The lowest BCUT2D eigenvalue weighted by molar-refractivity contribution is -0.301. The number of aliphatic hydroxyl groups excluding tert-OH is 3. The summed E-state index contributed by atoms with van der Waals surface area (Å²) in [4.78, 5) is 12.8. The average molecular weight is 801 g/mol. The molecule has 0 aromatic heterocycles. The molecule has 0 bridgehead atoms. The first-order valence-electron chi connectivity index (χ1n) is 20.5. The zero-order valence-corrected chi connectivity index (χ0v) is 34.3. The van der Waals surface area contributed by atoms with E-state index in [9.17, 15) is 28.5 Å². The van der Waals surface area contributed by atoms with Gasteiger partial charge in [-0.25, -0.2) is 4.18 Å². The van der Waals surface area contributed by atoms with Crippen molar-refractivity contribution >= 4 is 16.4 Å². The molecule has 55 heavy (non-hydrogen) atoms. The van der Waals surface area contributed by atoms with Gasteiger partial charge in [-0.1, -0.05) is 120 Å². The van der Waals surface area contributed by atoms with E-state index in [2.05, 4.69) is 78.8 Å². The number of aliphatic hydroxyl groups is 3. The highest BCUT2D eigenvalue weighted by atomic mass is 32.3. The Bertz CT molecular complexity index is 1200. The Labute approximate surface area is 331 Å². The van der Waals surface area contributed by atoms with Crippen LogP contribution in [0.3, 0.4) is 0 Å². The van der Waals surface area contributed by atoms with Crippen LogP contribution in [0.25, 0.3) is 0 Å². The SMILES string of the molecule is CC/C=C\C/C=C\C/C=C\CCCCCCOCC(COC1OC(CO)C(O)C(OS(=O)(=O)O)C1O)OC(=O)CCCCCCC/C=C\C/C=C\CCCC. The Morgan fingerprint density at radius 1 is 0.709 bits per heavy atom. The first kappa shape index (κ1) is 50.8. The summed E-state index contributed by atoms with van der Waals surface area (Å²) in [7, 11) is -5.07. The van der Waals surface area contributed by atoms with Gasteiger partial charge in [0.2, 0.25) is 0 Å². The van der Waals surface area contributed by atoms with Crippen molar-refractivity contribution in [2.75, 3.05) is 26.4 Å². The van der Waals surface area contributed by atoms with E-state index in [0.717, 1.165) is 96.3 Å². The molecule has 6 atom stereocenters. The van der Waals surface area contributed by atoms with Crippen molar-refractivity contribution in [2.45, 2.75) is 173 Å². The Morgan fingerprint density at radius 3 is 1.84 bits per heavy atom. The molecule has 12 nitrogen and oxygen atoms in total. The summed E-state index contributed by atoms with van der Waals surface area (Å²) in [6.07, 6.45) is 31.2. The molecule has 1 heterocycles. The molecule has 1 fully saturated rings. The number of rotatable bonds is 34. The van der Waals surface area contributed by atoms with E-state index in [1.807, 2.05) is 0 Å². The van der Waals surface area contributed by atoms with Gasteiger partial charge in [-0.05, 0) is 70.6 Å². The summed E-state index contributed by atoms with van der Waals surface area (Å²) in [6.45, 7) is 3.73. The summed E-state index contributed by atoms with van der Waals surface area (Å²) in [5, 5.41) is 30.6. The fourth-order valence-electron chi connectivity index (χ4n) is 5.76. The second kappa shape index (κ2) is 33.9. The van der Waals surface area contributed by atoms with Gasteiger partial charge in [0.1, 0.15) is 30.5 Å². The third-order valence-corrected chi connectivity index (χ3v) is 9.34. The van der Waals surface area contributed by atoms with Crippen LogP contribution in [0.4, 0.5) is 0 Å². The van der Waals surface area contributed by atoms with Crippen LogP contribution in [-0.2, 0) is 38.3 Å². The summed E-state index contributed by atoms with van der Waals surface area (Å²) in [6, 6.07) is 0. The fourth-order valence-corrected chi connectivity index (χ4v) is 6.27. The van der Waals surface area contributed by atoms with Crippen LogP contribution in [0.5, 0.6) is 0 Å². The topological polar surface area (TPSA) is 178 Å². The van der Waals surface area contributed by atoms with Crippen LogP contribution in [0.15, 0.2) is 60.8 Å². The summed E-state index contributed by atoms with van der Waals surface area (Å²) in [5.41, 5.74) is 0. The lowest BCUT2D eigenvalue weighted by Crippen LogP contribution is -2.60. The van der Waals surface area contributed by atoms with Gasteiger partial charge in [0, 0.05) is 13.0 Å². The van der Waals surface area contributed by atoms with Gasteiger partial charge in [0.05, 0.1) is 19.8 Å². The van der Waals surface area contributed by atoms with Gasteiger partial charge in [0.25, 0.3) is 0 Å². The molecular weight excluding hydrogens is 729 g/mol. The number of hydrogen-bond acceptors (Lipinski definition) is 11. The molecule has 1 aliphatic heterocycles. The number of esters is 1. The molecule has 1 rings (SSSR count). The van der Waals surface area contributed by atoms with Crippen LogP contribution in [0, 0.1) is 0 Å². The van der Waals surface area contributed by atoms with Crippen molar-refractivity contribution in [1.82, 2.24) is 0 Å². The molecule has 4 N–H and O–H groups in total. The third-order valence-electron chi connectivity index (χ3n) is 8.87. The van der Waals surface area contributed by atoms with E-state index in [1.165, 1.54) is 12.8 Å². The minimum absolute atomic E-state index is 0.0120. The molecule has 0 saturated carbocycles. The van der Waals surface area contributed by atoms with Gasteiger partial charge >= 0.3 is 16.4 Å². The van der Waals surface area contributed by atoms with Crippen molar-refractivity contribution in [3.05, 3.63) is 60.8 Å². The highest BCUT2D eigenvalue weighted by molar-refractivity contribution is 7.80. The second-order valence-electron chi connectivity index (χ2n) is 13.8. The number of carbonyl (C=O) groups is 1. The number of ether oxygens (including phenoxy) is 4. The maximum absolute atomic E-state index is 12.8. The van der Waals surface area contributed by atoms with E-state index >= 15 is 0 Å². The number of allylic oxidation sites excluding steroid dienone is 10. The molecule has 1 aliphatic rings. The third kappa shape index (κ3) is 27.9. The molecule has 0 radical (unpaired) electrons. The van der Waals surface area contributed by atoms with Crippen molar-refractivity contribution in [1.29, 1.82) is 0 Å².